The molecule has 3 aromatic rings. The van der Waals surface area contributed by atoms with Crippen molar-refractivity contribution in [3.8, 4) is 0 Å². The van der Waals surface area contributed by atoms with Crippen LogP contribution in [0.5, 0.6) is 0 Å². The van der Waals surface area contributed by atoms with Gasteiger partial charge in [0.25, 0.3) is 0 Å². The van der Waals surface area contributed by atoms with Gasteiger partial charge < -0.3 is 14.8 Å². The van der Waals surface area contributed by atoms with Crippen molar-refractivity contribution in [2.45, 2.75) is 12.6 Å². The minimum atomic E-state index is -0.922. The maximum atomic E-state index is 13.8. The van der Waals surface area contributed by atoms with Gasteiger partial charge in [0.05, 0.1) is 6.04 Å². The molecule has 0 bridgehead atoms. The summed E-state index contributed by atoms with van der Waals surface area (Å²) in [6.45, 7) is 1.11. The summed E-state index contributed by atoms with van der Waals surface area (Å²) >= 11 is 0. The standard InChI is InChI=1S/C20H17F2N3O/c21-16-9-8-14(13-17(16)22)19-18-7-4-10-24(18)11-12-25(19)20(26)23-15-5-2-1-3-6-15/h1-10,13,19H,11-12H2,(H,23,26)/t19-/m0/s1. The van der Waals surface area contributed by atoms with Gasteiger partial charge in [0.15, 0.2) is 11.6 Å². The fraction of sp³-hybridized carbons (Fsp3) is 0.150. The Bertz CT molecular complexity index is 939. The zero-order chi connectivity index (χ0) is 18.1. The van der Waals surface area contributed by atoms with Gasteiger partial charge in [0, 0.05) is 30.7 Å². The second kappa shape index (κ2) is 6.63. The highest BCUT2D eigenvalue weighted by Gasteiger charge is 2.32. The molecule has 0 unspecified atom stereocenters. The van der Waals surface area contributed by atoms with Crippen LogP contribution >= 0.6 is 0 Å². The van der Waals surface area contributed by atoms with Crippen LogP contribution in [0.4, 0.5) is 19.3 Å². The van der Waals surface area contributed by atoms with Crippen molar-refractivity contribution in [2.24, 2.45) is 0 Å². The van der Waals surface area contributed by atoms with E-state index in [-0.39, 0.29) is 6.03 Å². The van der Waals surface area contributed by atoms with E-state index in [4.69, 9.17) is 0 Å². The van der Waals surface area contributed by atoms with E-state index in [0.717, 1.165) is 17.8 Å². The molecule has 0 saturated carbocycles. The minimum absolute atomic E-state index is 0.279. The van der Waals surface area contributed by atoms with Crippen LogP contribution in [0.3, 0.4) is 0 Å². The van der Waals surface area contributed by atoms with Crippen LogP contribution in [-0.4, -0.2) is 22.0 Å². The lowest BCUT2D eigenvalue weighted by Crippen LogP contribution is -2.44. The van der Waals surface area contributed by atoms with Crippen LogP contribution in [0.1, 0.15) is 17.3 Å². The van der Waals surface area contributed by atoms with E-state index in [2.05, 4.69) is 5.32 Å². The Morgan fingerprint density at radius 2 is 1.77 bits per heavy atom. The van der Waals surface area contributed by atoms with E-state index >= 15 is 0 Å². The average Bonchev–Trinajstić information content (AvgIpc) is 3.13. The zero-order valence-corrected chi connectivity index (χ0v) is 13.9. The summed E-state index contributed by atoms with van der Waals surface area (Å²) in [4.78, 5) is 14.5. The third-order valence-electron chi connectivity index (χ3n) is 4.58. The molecule has 26 heavy (non-hydrogen) atoms. The summed E-state index contributed by atoms with van der Waals surface area (Å²) in [6, 6.07) is 15.9. The Morgan fingerprint density at radius 1 is 0.962 bits per heavy atom. The number of urea groups is 1. The van der Waals surface area contributed by atoms with E-state index < -0.39 is 17.7 Å². The number of para-hydroxylation sites is 1. The van der Waals surface area contributed by atoms with Crippen molar-refractivity contribution >= 4 is 11.7 Å². The van der Waals surface area contributed by atoms with Crippen molar-refractivity contribution in [1.82, 2.24) is 9.47 Å². The maximum Gasteiger partial charge on any atom is 0.322 e. The van der Waals surface area contributed by atoms with Gasteiger partial charge in [-0.1, -0.05) is 24.3 Å². The van der Waals surface area contributed by atoms with Crippen LogP contribution < -0.4 is 5.32 Å². The zero-order valence-electron chi connectivity index (χ0n) is 13.9. The van der Waals surface area contributed by atoms with Crippen LogP contribution in [0, 0.1) is 11.6 Å². The highest BCUT2D eigenvalue weighted by atomic mass is 19.2. The van der Waals surface area contributed by atoms with Crippen LogP contribution in [-0.2, 0) is 6.54 Å². The van der Waals surface area contributed by atoms with E-state index in [0.29, 0.717) is 24.3 Å². The Kier molecular flexibility index (Phi) is 4.16. The molecule has 4 rings (SSSR count). The Labute approximate surface area is 149 Å². The number of nitrogens with zero attached hydrogens (tertiary/aromatic N) is 2. The lowest BCUT2D eigenvalue weighted by atomic mass is 10.00. The molecular formula is C20H17F2N3O. The highest BCUT2D eigenvalue weighted by molar-refractivity contribution is 5.90. The molecule has 2 heterocycles. The monoisotopic (exact) mass is 353 g/mol. The number of benzene rings is 2. The van der Waals surface area contributed by atoms with Gasteiger partial charge in [0.1, 0.15) is 0 Å². The first-order valence-corrected chi connectivity index (χ1v) is 8.36. The predicted molar refractivity (Wildman–Crippen MR) is 94.8 cm³/mol. The minimum Gasteiger partial charge on any atom is -0.348 e. The number of amides is 2. The fourth-order valence-electron chi connectivity index (χ4n) is 3.35. The summed E-state index contributed by atoms with van der Waals surface area (Å²) in [7, 11) is 0. The number of nitrogens with one attached hydrogen (secondary N) is 1. The van der Waals surface area contributed by atoms with Gasteiger partial charge in [-0.25, -0.2) is 13.6 Å². The van der Waals surface area contributed by atoms with Crippen molar-refractivity contribution < 1.29 is 13.6 Å². The molecule has 2 aromatic carbocycles. The number of carbonyl (C=O) groups is 1. The second-order valence-electron chi connectivity index (χ2n) is 6.19. The Morgan fingerprint density at radius 3 is 2.54 bits per heavy atom. The number of carbonyl (C=O) groups excluding carboxylic acids is 1. The topological polar surface area (TPSA) is 37.3 Å². The molecular weight excluding hydrogens is 336 g/mol. The third kappa shape index (κ3) is 2.94. The number of halogens is 2. The third-order valence-corrected chi connectivity index (χ3v) is 4.58. The second-order valence-corrected chi connectivity index (χ2v) is 6.19. The molecule has 2 amide bonds. The molecule has 1 atom stereocenters. The van der Waals surface area contributed by atoms with E-state index in [1.165, 1.54) is 6.07 Å². The van der Waals surface area contributed by atoms with Crippen molar-refractivity contribution in [2.75, 3.05) is 11.9 Å². The largest absolute Gasteiger partial charge is 0.348 e. The van der Waals surface area contributed by atoms with E-state index in [1.807, 2.05) is 41.1 Å². The van der Waals surface area contributed by atoms with Gasteiger partial charge in [-0.15, -0.1) is 0 Å². The van der Waals surface area contributed by atoms with Crippen molar-refractivity contribution in [3.63, 3.8) is 0 Å². The number of hydrogen-bond donors (Lipinski definition) is 1. The Hall–Kier alpha value is -3.15. The van der Waals surface area contributed by atoms with Crippen LogP contribution in [0.25, 0.3) is 0 Å². The van der Waals surface area contributed by atoms with Gasteiger partial charge in [-0.3, -0.25) is 0 Å². The predicted octanol–water partition coefficient (Wildman–Crippen LogP) is 4.40. The molecule has 132 valence electrons. The molecule has 6 heteroatoms. The lowest BCUT2D eigenvalue weighted by molar-refractivity contribution is 0.181. The summed E-state index contributed by atoms with van der Waals surface area (Å²) in [5.74, 6) is -1.82. The molecule has 1 aromatic heterocycles. The van der Waals surface area contributed by atoms with Gasteiger partial charge in [-0.2, -0.15) is 0 Å². The molecule has 0 saturated heterocycles. The average molecular weight is 353 g/mol. The summed E-state index contributed by atoms with van der Waals surface area (Å²) in [6.07, 6.45) is 1.93. The number of rotatable bonds is 2. The van der Waals surface area contributed by atoms with Gasteiger partial charge in [0.2, 0.25) is 0 Å². The van der Waals surface area contributed by atoms with E-state index in [1.54, 1.807) is 17.0 Å². The number of fused-ring (bicyclic) bond motifs is 1. The van der Waals surface area contributed by atoms with E-state index in [9.17, 15) is 13.6 Å². The fourth-order valence-corrected chi connectivity index (χ4v) is 3.35. The first-order chi connectivity index (χ1) is 12.6. The number of anilines is 1. The van der Waals surface area contributed by atoms with Crippen molar-refractivity contribution in [1.29, 1.82) is 0 Å². The van der Waals surface area contributed by atoms with Crippen molar-refractivity contribution in [3.05, 3.63) is 89.8 Å². The van der Waals surface area contributed by atoms with Gasteiger partial charge in [-0.05, 0) is 42.0 Å². The first kappa shape index (κ1) is 16.3. The molecule has 4 nitrogen and oxygen atoms in total. The van der Waals surface area contributed by atoms with Crippen LogP contribution in [0.15, 0.2) is 66.9 Å². The molecule has 1 N–H and O–H groups in total. The van der Waals surface area contributed by atoms with Crippen LogP contribution in [0.2, 0.25) is 0 Å². The normalized spacial score (nSPS) is 16.2. The molecule has 0 aliphatic carbocycles. The maximum absolute atomic E-state index is 13.8. The summed E-state index contributed by atoms with van der Waals surface area (Å²) in [5, 5.41) is 2.87. The SMILES string of the molecule is O=C(Nc1ccccc1)N1CCn2cccc2[C@@H]1c1ccc(F)c(F)c1. The molecule has 0 radical (unpaired) electrons. The molecule has 1 aliphatic heterocycles. The first-order valence-electron chi connectivity index (χ1n) is 8.36. The summed E-state index contributed by atoms with van der Waals surface area (Å²) < 4.78 is 29.2. The number of hydrogen-bond acceptors (Lipinski definition) is 1. The Balaban J connectivity index is 1.70. The lowest BCUT2D eigenvalue weighted by Gasteiger charge is -2.37. The quantitative estimate of drug-likeness (QED) is 0.728. The molecule has 1 aliphatic rings. The smallest absolute Gasteiger partial charge is 0.322 e. The molecule has 0 spiro atoms. The summed E-state index contributed by atoms with van der Waals surface area (Å²) in [5.41, 5.74) is 2.08. The van der Waals surface area contributed by atoms with Gasteiger partial charge >= 0.3 is 6.03 Å². The molecule has 0 fully saturated rings. The number of aromatic nitrogens is 1. The highest BCUT2D eigenvalue weighted by Crippen LogP contribution is 2.33.